The Kier molecular flexibility index (Phi) is 7.74. The molecule has 0 unspecified atom stereocenters. The first-order valence-electron chi connectivity index (χ1n) is 13.9. The van der Waals surface area contributed by atoms with Gasteiger partial charge in [0.2, 0.25) is 5.91 Å². The van der Waals surface area contributed by atoms with Gasteiger partial charge in [0.1, 0.15) is 18.0 Å². The van der Waals surface area contributed by atoms with Gasteiger partial charge in [-0.15, -0.1) is 0 Å². The van der Waals surface area contributed by atoms with E-state index in [0.29, 0.717) is 46.3 Å². The largest absolute Gasteiger partial charge is 0.464 e. The first-order valence-corrected chi connectivity index (χ1v) is 13.9. The van der Waals surface area contributed by atoms with Crippen LogP contribution in [0.25, 0.3) is 22.0 Å². The van der Waals surface area contributed by atoms with E-state index in [-0.39, 0.29) is 24.2 Å². The summed E-state index contributed by atoms with van der Waals surface area (Å²) in [5.74, 6) is 1.18. The van der Waals surface area contributed by atoms with Crippen LogP contribution in [0.5, 0.6) is 0 Å². The average molecular weight is 587 g/mol. The molecular weight excluding hydrogens is 552 g/mol. The Morgan fingerprint density at radius 2 is 1.79 bits per heavy atom. The Hall–Kier alpha value is -5.07. The molecule has 0 bridgehead atoms. The molecule has 5 heterocycles. The number of amides is 3. The maximum Gasteiger partial charge on any atom is 0.424 e. The van der Waals surface area contributed by atoms with Gasteiger partial charge in [-0.05, 0) is 64.6 Å². The normalized spacial score (nSPS) is 13.6. The number of nitrogens with zero attached hydrogens (tertiary/aromatic N) is 7. The average Bonchev–Trinajstić information content (AvgIpc) is 3.20. The number of hydrogen-bond donors (Lipinski definition) is 2. The van der Waals surface area contributed by atoms with Crippen LogP contribution in [0, 0.1) is 6.92 Å². The molecule has 2 N–H and O–H groups in total. The molecule has 43 heavy (non-hydrogen) atoms. The van der Waals surface area contributed by atoms with Gasteiger partial charge in [0.05, 0.1) is 17.6 Å². The van der Waals surface area contributed by atoms with E-state index >= 15 is 0 Å². The third-order valence-corrected chi connectivity index (χ3v) is 7.03. The molecule has 3 amide bonds. The number of nitrogens with one attached hydrogen (secondary N) is 1. The Morgan fingerprint density at radius 1 is 1.05 bits per heavy atom. The molecular formula is C30H34N8O5. The Labute approximate surface area is 248 Å². The fourth-order valence-electron chi connectivity index (χ4n) is 4.95. The van der Waals surface area contributed by atoms with E-state index in [1.54, 1.807) is 51.0 Å². The SMILES string of the molecule is Cc1c(-c2cc3cc(Nc4cc5n(n4)CC(=O)N(C(C)C)CC5)ncc3cn2)cncc1N(C(=O)O)C(=O)OC(C)(C)C. The minimum absolute atomic E-state index is 0.0404. The van der Waals surface area contributed by atoms with Crippen molar-refractivity contribution in [1.29, 1.82) is 0 Å². The summed E-state index contributed by atoms with van der Waals surface area (Å²) in [7, 11) is 0. The molecule has 0 aliphatic carbocycles. The van der Waals surface area contributed by atoms with Crippen molar-refractivity contribution in [3.8, 4) is 11.3 Å². The van der Waals surface area contributed by atoms with Crippen molar-refractivity contribution in [1.82, 2.24) is 29.6 Å². The van der Waals surface area contributed by atoms with Crippen LogP contribution in [0.15, 0.2) is 43.0 Å². The summed E-state index contributed by atoms with van der Waals surface area (Å²) < 4.78 is 7.04. The van der Waals surface area contributed by atoms with Crippen LogP contribution in [-0.2, 0) is 22.5 Å². The molecule has 224 valence electrons. The number of carboxylic acid groups (broad SMARTS) is 1. The molecule has 0 radical (unpaired) electrons. The lowest BCUT2D eigenvalue weighted by Crippen LogP contribution is -2.40. The molecule has 1 aliphatic rings. The predicted molar refractivity (Wildman–Crippen MR) is 160 cm³/mol. The second-order valence-corrected chi connectivity index (χ2v) is 11.7. The first kappa shape index (κ1) is 29.4. The number of carbonyl (C=O) groups is 3. The van der Waals surface area contributed by atoms with Crippen LogP contribution < -0.4 is 10.2 Å². The van der Waals surface area contributed by atoms with Gasteiger partial charge in [-0.1, -0.05) is 0 Å². The Bertz CT molecular complexity index is 1730. The van der Waals surface area contributed by atoms with Crippen LogP contribution in [0.1, 0.15) is 45.9 Å². The highest BCUT2D eigenvalue weighted by Crippen LogP contribution is 2.32. The number of hydrogen-bond acceptors (Lipinski definition) is 9. The van der Waals surface area contributed by atoms with Crippen LogP contribution in [0.4, 0.5) is 26.9 Å². The molecule has 0 saturated carbocycles. The van der Waals surface area contributed by atoms with Crippen molar-refractivity contribution in [3.63, 3.8) is 0 Å². The highest BCUT2D eigenvalue weighted by atomic mass is 16.6. The van der Waals surface area contributed by atoms with E-state index in [1.165, 1.54) is 6.20 Å². The molecule has 4 aromatic heterocycles. The van der Waals surface area contributed by atoms with Gasteiger partial charge in [-0.3, -0.25) is 19.4 Å². The monoisotopic (exact) mass is 586 g/mol. The first-order chi connectivity index (χ1) is 20.3. The van der Waals surface area contributed by atoms with Gasteiger partial charge < -0.3 is 20.1 Å². The van der Waals surface area contributed by atoms with Crippen LogP contribution in [0.3, 0.4) is 0 Å². The Balaban J connectivity index is 1.42. The number of carbonyl (C=O) groups excluding carboxylic acids is 2. The summed E-state index contributed by atoms with van der Waals surface area (Å²) in [5, 5.41) is 19.3. The molecule has 0 saturated heterocycles. The quantitative estimate of drug-likeness (QED) is 0.320. The minimum Gasteiger partial charge on any atom is -0.464 e. The van der Waals surface area contributed by atoms with Crippen molar-refractivity contribution in [3.05, 3.63) is 54.2 Å². The van der Waals surface area contributed by atoms with E-state index in [1.807, 2.05) is 36.9 Å². The fraction of sp³-hybridized carbons (Fsp3) is 0.367. The van der Waals surface area contributed by atoms with Crippen molar-refractivity contribution in [2.75, 3.05) is 16.8 Å². The number of pyridine rings is 3. The van der Waals surface area contributed by atoms with Gasteiger partial charge in [0.25, 0.3) is 0 Å². The number of ether oxygens (including phenoxy) is 1. The topological polar surface area (TPSA) is 156 Å². The molecule has 0 aromatic carbocycles. The van der Waals surface area contributed by atoms with Crippen molar-refractivity contribution >= 4 is 46.2 Å². The lowest BCUT2D eigenvalue weighted by atomic mass is 10.0. The number of rotatable bonds is 5. The maximum absolute atomic E-state index is 12.7. The maximum atomic E-state index is 12.7. The molecule has 5 rings (SSSR count). The molecule has 4 aromatic rings. The lowest BCUT2D eigenvalue weighted by Gasteiger charge is -2.25. The van der Waals surface area contributed by atoms with E-state index in [2.05, 4.69) is 25.4 Å². The van der Waals surface area contributed by atoms with Gasteiger partial charge in [-0.25, -0.2) is 14.6 Å². The predicted octanol–water partition coefficient (Wildman–Crippen LogP) is 5.15. The number of anilines is 3. The molecule has 0 atom stereocenters. The zero-order valence-corrected chi connectivity index (χ0v) is 25.0. The third kappa shape index (κ3) is 6.25. The highest BCUT2D eigenvalue weighted by Gasteiger charge is 2.31. The summed E-state index contributed by atoms with van der Waals surface area (Å²) in [6.45, 7) is 11.5. The summed E-state index contributed by atoms with van der Waals surface area (Å²) >= 11 is 0. The second-order valence-electron chi connectivity index (χ2n) is 11.7. The van der Waals surface area contributed by atoms with Crippen molar-refractivity contribution in [2.45, 2.75) is 66.2 Å². The molecule has 1 aliphatic heterocycles. The lowest BCUT2D eigenvalue weighted by molar-refractivity contribution is -0.133. The zero-order valence-electron chi connectivity index (χ0n) is 25.0. The molecule has 13 nitrogen and oxygen atoms in total. The second kappa shape index (κ2) is 11.3. The summed E-state index contributed by atoms with van der Waals surface area (Å²) in [5.41, 5.74) is 1.74. The summed E-state index contributed by atoms with van der Waals surface area (Å²) in [6.07, 6.45) is 4.44. The van der Waals surface area contributed by atoms with Gasteiger partial charge >= 0.3 is 12.2 Å². The van der Waals surface area contributed by atoms with E-state index in [4.69, 9.17) is 4.74 Å². The standard InChI is InChI=1S/C30H34N8O5/c1-17(2)36-8-7-21-11-26(35-37(21)16-27(36)39)34-25-10-19-9-23(32-12-20(19)13-33-25)22-14-31-15-24(18(22)3)38(28(40)41)29(42)43-30(4,5)6/h9-15,17H,7-8,16H2,1-6H3,(H,40,41)(H,33,34,35). The number of fused-ring (bicyclic) bond motifs is 2. The van der Waals surface area contributed by atoms with Gasteiger partial charge in [0, 0.05) is 60.3 Å². The number of imide groups is 1. The van der Waals surface area contributed by atoms with E-state index in [9.17, 15) is 19.5 Å². The van der Waals surface area contributed by atoms with Crippen molar-refractivity contribution < 1.29 is 24.2 Å². The number of aromatic nitrogens is 5. The summed E-state index contributed by atoms with van der Waals surface area (Å²) in [4.78, 5) is 53.1. The van der Waals surface area contributed by atoms with Crippen LogP contribution >= 0.6 is 0 Å². The smallest absolute Gasteiger partial charge is 0.424 e. The third-order valence-electron chi connectivity index (χ3n) is 7.03. The molecule has 0 spiro atoms. The summed E-state index contributed by atoms with van der Waals surface area (Å²) in [6, 6.07) is 5.77. The highest BCUT2D eigenvalue weighted by molar-refractivity contribution is 6.09. The van der Waals surface area contributed by atoms with E-state index < -0.39 is 17.8 Å². The molecule has 0 fully saturated rings. The van der Waals surface area contributed by atoms with Crippen molar-refractivity contribution in [2.24, 2.45) is 0 Å². The van der Waals surface area contributed by atoms with Gasteiger partial charge in [-0.2, -0.15) is 10.00 Å². The zero-order chi connectivity index (χ0) is 31.1. The molecule has 13 heteroatoms. The van der Waals surface area contributed by atoms with Crippen LogP contribution in [0.2, 0.25) is 0 Å². The van der Waals surface area contributed by atoms with E-state index in [0.717, 1.165) is 16.5 Å². The van der Waals surface area contributed by atoms with Gasteiger partial charge in [0.15, 0.2) is 5.82 Å². The van der Waals surface area contributed by atoms with Crippen LogP contribution in [-0.4, -0.2) is 71.0 Å². The Morgan fingerprint density at radius 3 is 2.49 bits per heavy atom. The minimum atomic E-state index is -1.48. The fourth-order valence-corrected chi connectivity index (χ4v) is 4.95.